The van der Waals surface area contributed by atoms with Crippen molar-refractivity contribution < 1.29 is 4.79 Å². The molecule has 1 amide bonds. The number of amides is 1. The van der Waals surface area contributed by atoms with Gasteiger partial charge in [0.2, 0.25) is 5.91 Å². The van der Waals surface area contributed by atoms with E-state index in [4.69, 9.17) is 0 Å². The molecule has 2 aromatic heterocycles. The summed E-state index contributed by atoms with van der Waals surface area (Å²) < 4.78 is 2.28. The minimum absolute atomic E-state index is 0.103. The van der Waals surface area contributed by atoms with Gasteiger partial charge in [-0.3, -0.25) is 9.36 Å². The summed E-state index contributed by atoms with van der Waals surface area (Å²) in [4.78, 5) is 14.7. The van der Waals surface area contributed by atoms with Crippen LogP contribution in [0.1, 0.15) is 38.1 Å². The fourth-order valence-corrected chi connectivity index (χ4v) is 4.56. The van der Waals surface area contributed by atoms with Crippen LogP contribution in [-0.4, -0.2) is 45.4 Å². The molecule has 0 N–H and O–H groups in total. The van der Waals surface area contributed by atoms with Crippen molar-refractivity contribution in [3.05, 3.63) is 17.5 Å². The summed E-state index contributed by atoms with van der Waals surface area (Å²) in [5, 5.41) is 11.8. The Hall–Kier alpha value is -1.34. The van der Waals surface area contributed by atoms with E-state index in [-0.39, 0.29) is 5.91 Å². The van der Waals surface area contributed by atoms with Crippen molar-refractivity contribution in [3.8, 4) is 10.7 Å². The molecule has 5 nitrogen and oxygen atoms in total. The third-order valence-corrected chi connectivity index (χ3v) is 5.96. The van der Waals surface area contributed by atoms with Crippen LogP contribution in [0, 0.1) is 0 Å². The van der Waals surface area contributed by atoms with Gasteiger partial charge >= 0.3 is 0 Å². The highest BCUT2D eigenvalue weighted by atomic mass is 32.2. The molecule has 0 aliphatic heterocycles. The minimum atomic E-state index is 0.103. The van der Waals surface area contributed by atoms with Gasteiger partial charge in [0.25, 0.3) is 0 Å². The van der Waals surface area contributed by atoms with Gasteiger partial charge in [-0.25, -0.2) is 0 Å². The molecular weight excluding hydrogens is 328 g/mol. The van der Waals surface area contributed by atoms with Gasteiger partial charge in [-0.05, 0) is 24.3 Å². The highest BCUT2D eigenvalue weighted by molar-refractivity contribution is 7.99. The third-order valence-electron chi connectivity index (χ3n) is 4.17. The summed E-state index contributed by atoms with van der Waals surface area (Å²) in [6.07, 6.45) is 6.17. The largest absolute Gasteiger partial charge is 0.348 e. The number of thiophene rings is 1. The molecule has 0 bridgehead atoms. The zero-order valence-electron chi connectivity index (χ0n) is 13.6. The fraction of sp³-hybridized carbons (Fsp3) is 0.562. The lowest BCUT2D eigenvalue weighted by Gasteiger charge is -2.25. The summed E-state index contributed by atoms with van der Waals surface area (Å²) in [6.45, 7) is 0. The van der Waals surface area contributed by atoms with E-state index in [2.05, 4.69) is 26.2 Å². The maximum absolute atomic E-state index is 11.9. The molecule has 124 valence electrons. The van der Waals surface area contributed by atoms with Crippen LogP contribution < -0.4 is 0 Å². The second kappa shape index (κ2) is 7.49. The molecule has 0 aromatic carbocycles. The van der Waals surface area contributed by atoms with Gasteiger partial charge in [-0.2, -0.15) is 0 Å². The van der Waals surface area contributed by atoms with E-state index in [1.807, 2.05) is 6.07 Å². The van der Waals surface area contributed by atoms with Crippen molar-refractivity contribution in [2.75, 3.05) is 19.8 Å². The molecular formula is C16H22N4OS2. The molecule has 0 spiro atoms. The van der Waals surface area contributed by atoms with Crippen molar-refractivity contribution >= 4 is 29.0 Å². The van der Waals surface area contributed by atoms with Crippen LogP contribution >= 0.6 is 23.1 Å². The van der Waals surface area contributed by atoms with Gasteiger partial charge in [-0.1, -0.05) is 37.1 Å². The van der Waals surface area contributed by atoms with Crippen molar-refractivity contribution in [1.82, 2.24) is 19.7 Å². The van der Waals surface area contributed by atoms with Crippen molar-refractivity contribution in [3.63, 3.8) is 0 Å². The lowest BCUT2D eigenvalue weighted by atomic mass is 9.95. The Labute approximate surface area is 145 Å². The number of carbonyl (C=O) groups excluding carboxylic acids is 1. The molecule has 1 fully saturated rings. The lowest BCUT2D eigenvalue weighted by Crippen LogP contribution is -2.24. The lowest BCUT2D eigenvalue weighted by molar-refractivity contribution is -0.125. The Balaban J connectivity index is 1.87. The average Bonchev–Trinajstić information content (AvgIpc) is 3.22. The monoisotopic (exact) mass is 350 g/mol. The van der Waals surface area contributed by atoms with Crippen molar-refractivity contribution in [1.29, 1.82) is 0 Å². The summed E-state index contributed by atoms with van der Waals surface area (Å²) in [5.74, 6) is 1.46. The fourth-order valence-electron chi connectivity index (χ4n) is 2.87. The molecule has 0 unspecified atom stereocenters. The normalized spacial score (nSPS) is 15.7. The number of hydrogen-bond acceptors (Lipinski definition) is 5. The summed E-state index contributed by atoms with van der Waals surface area (Å²) in [7, 11) is 3.57. The molecule has 1 aliphatic rings. The summed E-state index contributed by atoms with van der Waals surface area (Å²) in [6, 6.07) is 4.59. The van der Waals surface area contributed by atoms with E-state index in [1.165, 1.54) is 43.9 Å². The molecule has 3 rings (SSSR count). The van der Waals surface area contributed by atoms with Gasteiger partial charge < -0.3 is 4.90 Å². The maximum atomic E-state index is 11.9. The van der Waals surface area contributed by atoms with Crippen LogP contribution in [0.2, 0.25) is 0 Å². The van der Waals surface area contributed by atoms with Crippen LogP contribution in [0.15, 0.2) is 22.7 Å². The van der Waals surface area contributed by atoms with Gasteiger partial charge in [0.05, 0.1) is 10.6 Å². The van der Waals surface area contributed by atoms with E-state index in [0.717, 1.165) is 15.9 Å². The van der Waals surface area contributed by atoms with Gasteiger partial charge in [-0.15, -0.1) is 21.5 Å². The zero-order valence-corrected chi connectivity index (χ0v) is 15.2. The molecule has 1 saturated carbocycles. The third kappa shape index (κ3) is 3.77. The molecule has 0 atom stereocenters. The predicted octanol–water partition coefficient (Wildman–Crippen LogP) is 3.69. The highest BCUT2D eigenvalue weighted by Gasteiger charge is 2.24. The first-order valence-electron chi connectivity index (χ1n) is 7.98. The van der Waals surface area contributed by atoms with Crippen LogP contribution in [0.4, 0.5) is 0 Å². The van der Waals surface area contributed by atoms with Crippen molar-refractivity contribution in [2.24, 2.45) is 0 Å². The van der Waals surface area contributed by atoms with E-state index in [1.54, 1.807) is 30.3 Å². The second-order valence-corrected chi connectivity index (χ2v) is 7.91. The van der Waals surface area contributed by atoms with Crippen LogP contribution in [-0.2, 0) is 4.79 Å². The topological polar surface area (TPSA) is 51.0 Å². The van der Waals surface area contributed by atoms with E-state index >= 15 is 0 Å². The van der Waals surface area contributed by atoms with Gasteiger partial charge in [0.15, 0.2) is 11.0 Å². The second-order valence-electron chi connectivity index (χ2n) is 6.02. The summed E-state index contributed by atoms with van der Waals surface area (Å²) >= 11 is 3.19. The first-order valence-corrected chi connectivity index (χ1v) is 9.85. The molecule has 2 aromatic rings. The smallest absolute Gasteiger partial charge is 0.232 e. The highest BCUT2D eigenvalue weighted by Crippen LogP contribution is 2.36. The molecule has 23 heavy (non-hydrogen) atoms. The number of aromatic nitrogens is 3. The van der Waals surface area contributed by atoms with E-state index in [9.17, 15) is 4.79 Å². The minimum Gasteiger partial charge on any atom is -0.348 e. The number of hydrogen-bond donors (Lipinski definition) is 0. The van der Waals surface area contributed by atoms with E-state index in [0.29, 0.717) is 11.8 Å². The molecule has 0 radical (unpaired) electrons. The number of nitrogens with zero attached hydrogens (tertiary/aromatic N) is 4. The summed E-state index contributed by atoms with van der Waals surface area (Å²) in [5.41, 5.74) is 0. The Morgan fingerprint density at radius 1 is 1.35 bits per heavy atom. The first-order chi connectivity index (χ1) is 11.2. The van der Waals surface area contributed by atoms with Crippen LogP contribution in [0.25, 0.3) is 10.7 Å². The van der Waals surface area contributed by atoms with Gasteiger partial charge in [0.1, 0.15) is 0 Å². The predicted molar refractivity (Wildman–Crippen MR) is 94.9 cm³/mol. The molecule has 2 heterocycles. The van der Waals surface area contributed by atoms with Crippen LogP contribution in [0.3, 0.4) is 0 Å². The maximum Gasteiger partial charge on any atom is 0.232 e. The number of carbonyl (C=O) groups is 1. The van der Waals surface area contributed by atoms with Gasteiger partial charge in [0, 0.05) is 20.1 Å². The first kappa shape index (κ1) is 16.5. The average molecular weight is 351 g/mol. The molecule has 7 heteroatoms. The Bertz CT molecular complexity index is 645. The zero-order chi connectivity index (χ0) is 16.2. The quantitative estimate of drug-likeness (QED) is 0.772. The Morgan fingerprint density at radius 3 is 2.78 bits per heavy atom. The standard InChI is InChI=1S/C16H22N4OS2/c1-19(2)14(21)11-23-16-18-17-15(13-9-6-10-22-13)20(16)12-7-4-3-5-8-12/h6,9-10,12H,3-5,7-8,11H2,1-2H3. The molecule has 0 saturated heterocycles. The van der Waals surface area contributed by atoms with E-state index < -0.39 is 0 Å². The Kier molecular flexibility index (Phi) is 5.38. The number of thioether (sulfide) groups is 1. The number of rotatable bonds is 5. The van der Waals surface area contributed by atoms with Crippen molar-refractivity contribution in [2.45, 2.75) is 43.3 Å². The molecule has 1 aliphatic carbocycles. The Morgan fingerprint density at radius 2 is 2.13 bits per heavy atom. The van der Waals surface area contributed by atoms with Crippen LogP contribution in [0.5, 0.6) is 0 Å². The SMILES string of the molecule is CN(C)C(=O)CSc1nnc(-c2cccs2)n1C1CCCCC1.